The lowest BCUT2D eigenvalue weighted by Gasteiger charge is -2.24. The van der Waals surface area contributed by atoms with Gasteiger partial charge >= 0.3 is 5.97 Å². The molecule has 0 aromatic carbocycles. The molecule has 0 bridgehead atoms. The molecule has 8 heteroatoms. The van der Waals surface area contributed by atoms with E-state index in [2.05, 4.69) is 10.3 Å². The molecule has 132 valence electrons. The molecule has 1 saturated heterocycles. The number of carbonyl (C=O) groups is 3. The van der Waals surface area contributed by atoms with Crippen LogP contribution in [0.1, 0.15) is 45.7 Å². The summed E-state index contributed by atoms with van der Waals surface area (Å²) in [5.74, 6) is -0.769. The van der Waals surface area contributed by atoms with E-state index in [9.17, 15) is 14.4 Å². The number of hydrogen-bond acceptors (Lipinski definition) is 6. The Morgan fingerprint density at radius 2 is 2.21 bits per heavy atom. The van der Waals surface area contributed by atoms with E-state index < -0.39 is 5.97 Å². The molecule has 1 N–H and O–H groups in total. The fourth-order valence-electron chi connectivity index (χ4n) is 2.20. The van der Waals surface area contributed by atoms with Crippen molar-refractivity contribution in [2.45, 2.75) is 52.0 Å². The number of aromatic nitrogens is 1. The van der Waals surface area contributed by atoms with E-state index in [0.717, 1.165) is 12.8 Å². The molecule has 2 heterocycles. The Balaban J connectivity index is 1.79. The number of amides is 2. The first-order chi connectivity index (χ1) is 11.3. The second kappa shape index (κ2) is 7.74. The zero-order valence-electron chi connectivity index (χ0n) is 14.3. The Morgan fingerprint density at radius 1 is 1.46 bits per heavy atom. The van der Waals surface area contributed by atoms with Crippen LogP contribution in [0.5, 0.6) is 0 Å². The fourth-order valence-corrected chi connectivity index (χ4v) is 3.07. The van der Waals surface area contributed by atoms with Crippen molar-refractivity contribution >= 4 is 34.3 Å². The maximum Gasteiger partial charge on any atom is 0.312 e. The summed E-state index contributed by atoms with van der Waals surface area (Å²) in [5, 5.41) is 5.15. The molecule has 1 aromatic rings. The van der Waals surface area contributed by atoms with Gasteiger partial charge in [0.1, 0.15) is 0 Å². The van der Waals surface area contributed by atoms with Crippen LogP contribution >= 0.6 is 11.3 Å². The highest BCUT2D eigenvalue weighted by Crippen LogP contribution is 2.25. The summed E-state index contributed by atoms with van der Waals surface area (Å²) < 4.78 is 4.99. The third kappa shape index (κ3) is 5.02. The molecule has 1 fully saturated rings. The van der Waals surface area contributed by atoms with Gasteiger partial charge in [-0.2, -0.15) is 0 Å². The Hall–Kier alpha value is -1.96. The van der Waals surface area contributed by atoms with E-state index in [1.54, 1.807) is 10.3 Å². The quantitative estimate of drug-likeness (QED) is 0.753. The van der Waals surface area contributed by atoms with E-state index in [0.29, 0.717) is 23.8 Å². The van der Waals surface area contributed by atoms with E-state index in [-0.39, 0.29) is 30.4 Å². The summed E-state index contributed by atoms with van der Waals surface area (Å²) in [6, 6.07) is 0. The summed E-state index contributed by atoms with van der Waals surface area (Å²) in [6.07, 6.45) is 2.14. The molecule has 1 aromatic heterocycles. The summed E-state index contributed by atoms with van der Waals surface area (Å²) >= 11 is 1.33. The minimum absolute atomic E-state index is 0.0109. The monoisotopic (exact) mass is 353 g/mol. The summed E-state index contributed by atoms with van der Waals surface area (Å²) in [7, 11) is 0. The third-order valence-electron chi connectivity index (χ3n) is 3.90. The second-order valence-corrected chi connectivity index (χ2v) is 7.23. The molecule has 0 atom stereocenters. The topological polar surface area (TPSA) is 88.6 Å². The lowest BCUT2D eigenvalue weighted by atomic mass is 10.0. The lowest BCUT2D eigenvalue weighted by molar-refractivity contribution is -0.148. The number of carbonyl (C=O) groups excluding carboxylic acids is 3. The van der Waals surface area contributed by atoms with Crippen LogP contribution in [0, 0.1) is 0 Å². The third-order valence-corrected chi connectivity index (χ3v) is 4.81. The van der Waals surface area contributed by atoms with Gasteiger partial charge in [-0.3, -0.25) is 19.3 Å². The van der Waals surface area contributed by atoms with Crippen LogP contribution < -0.4 is 10.2 Å². The molecule has 0 spiro atoms. The van der Waals surface area contributed by atoms with Gasteiger partial charge in [0.25, 0.3) is 5.91 Å². The molecular formula is C16H23N3O4S. The van der Waals surface area contributed by atoms with E-state index in [4.69, 9.17) is 4.74 Å². The summed E-state index contributed by atoms with van der Waals surface area (Å²) in [5.41, 5.74) is 0.226. The first-order valence-electron chi connectivity index (χ1n) is 8.02. The zero-order valence-corrected chi connectivity index (χ0v) is 15.1. The first-order valence-corrected chi connectivity index (χ1v) is 8.90. The predicted molar refractivity (Wildman–Crippen MR) is 90.9 cm³/mol. The van der Waals surface area contributed by atoms with Crippen molar-refractivity contribution in [1.29, 1.82) is 0 Å². The van der Waals surface area contributed by atoms with Gasteiger partial charge in [-0.05, 0) is 26.7 Å². The van der Waals surface area contributed by atoms with Gasteiger partial charge in [0.2, 0.25) is 5.91 Å². The van der Waals surface area contributed by atoms with Crippen molar-refractivity contribution in [3.63, 3.8) is 0 Å². The molecule has 0 radical (unpaired) electrons. The SMILES string of the molecule is CCC(C)(C)NC(=O)COC(=O)Cc1csc(N2CCCC2=O)n1. The molecule has 1 aliphatic rings. The first kappa shape index (κ1) is 18.4. The van der Waals surface area contributed by atoms with Crippen molar-refractivity contribution in [1.82, 2.24) is 10.3 Å². The highest BCUT2D eigenvalue weighted by Gasteiger charge is 2.24. The smallest absolute Gasteiger partial charge is 0.312 e. The highest BCUT2D eigenvalue weighted by molar-refractivity contribution is 7.14. The number of nitrogens with one attached hydrogen (secondary N) is 1. The van der Waals surface area contributed by atoms with Gasteiger partial charge in [-0.15, -0.1) is 11.3 Å². The second-order valence-electron chi connectivity index (χ2n) is 6.39. The number of rotatable bonds is 7. The van der Waals surface area contributed by atoms with Gasteiger partial charge in [-0.25, -0.2) is 4.98 Å². The van der Waals surface area contributed by atoms with Crippen molar-refractivity contribution in [3.05, 3.63) is 11.1 Å². The minimum atomic E-state index is -0.510. The number of nitrogens with zero attached hydrogens (tertiary/aromatic N) is 2. The average Bonchev–Trinajstić information content (AvgIpc) is 3.13. The van der Waals surface area contributed by atoms with Gasteiger partial charge in [0.15, 0.2) is 11.7 Å². The van der Waals surface area contributed by atoms with Crippen LogP contribution in [0.3, 0.4) is 0 Å². The van der Waals surface area contributed by atoms with Crippen molar-refractivity contribution in [3.8, 4) is 0 Å². The maximum atomic E-state index is 11.8. The average molecular weight is 353 g/mol. The number of ether oxygens (including phenoxy) is 1. The number of anilines is 1. The molecule has 1 aliphatic heterocycles. The highest BCUT2D eigenvalue weighted by atomic mass is 32.1. The minimum Gasteiger partial charge on any atom is -0.455 e. The molecule has 7 nitrogen and oxygen atoms in total. The Morgan fingerprint density at radius 3 is 2.83 bits per heavy atom. The summed E-state index contributed by atoms with van der Waals surface area (Å²) in [4.78, 5) is 41.2. The standard InChI is InChI=1S/C16H23N3O4S/c1-4-16(2,3)18-12(20)9-23-14(22)8-11-10-24-15(17-11)19-7-5-6-13(19)21/h10H,4-9H2,1-3H3,(H,18,20). The molecule has 24 heavy (non-hydrogen) atoms. The van der Waals surface area contributed by atoms with E-state index in [1.165, 1.54) is 11.3 Å². The van der Waals surface area contributed by atoms with Gasteiger partial charge < -0.3 is 10.1 Å². The Bertz CT molecular complexity index is 627. The van der Waals surface area contributed by atoms with Crippen molar-refractivity contribution in [2.75, 3.05) is 18.1 Å². The van der Waals surface area contributed by atoms with Crippen molar-refractivity contribution < 1.29 is 19.1 Å². The molecule has 0 unspecified atom stereocenters. The van der Waals surface area contributed by atoms with Crippen LogP contribution in [0.2, 0.25) is 0 Å². The van der Waals surface area contributed by atoms with Crippen LogP contribution in [0.25, 0.3) is 0 Å². The number of esters is 1. The van der Waals surface area contributed by atoms with Crippen molar-refractivity contribution in [2.24, 2.45) is 0 Å². The molecule has 2 amide bonds. The normalized spacial score (nSPS) is 14.8. The molecule has 2 rings (SSSR count). The zero-order chi connectivity index (χ0) is 17.7. The Labute approximate surface area is 145 Å². The number of thiazole rings is 1. The molecule has 0 saturated carbocycles. The number of hydrogen-bond donors (Lipinski definition) is 1. The van der Waals surface area contributed by atoms with Crippen LogP contribution in [-0.2, 0) is 25.5 Å². The lowest BCUT2D eigenvalue weighted by Crippen LogP contribution is -2.44. The van der Waals surface area contributed by atoms with Crippen LogP contribution in [0.4, 0.5) is 5.13 Å². The van der Waals surface area contributed by atoms with E-state index >= 15 is 0 Å². The van der Waals surface area contributed by atoms with Gasteiger partial charge in [-0.1, -0.05) is 6.92 Å². The van der Waals surface area contributed by atoms with Gasteiger partial charge in [0, 0.05) is 23.9 Å². The largest absolute Gasteiger partial charge is 0.455 e. The van der Waals surface area contributed by atoms with E-state index in [1.807, 2.05) is 20.8 Å². The van der Waals surface area contributed by atoms with Crippen LogP contribution in [-0.4, -0.2) is 41.5 Å². The Kier molecular flexibility index (Phi) is 5.93. The molecular weight excluding hydrogens is 330 g/mol. The fraction of sp³-hybridized carbons (Fsp3) is 0.625. The van der Waals surface area contributed by atoms with Crippen LogP contribution in [0.15, 0.2) is 5.38 Å². The molecule has 0 aliphatic carbocycles. The predicted octanol–water partition coefficient (Wildman–Crippen LogP) is 1.66. The van der Waals surface area contributed by atoms with Gasteiger partial charge in [0.05, 0.1) is 12.1 Å². The summed E-state index contributed by atoms with van der Waals surface area (Å²) in [6.45, 7) is 6.15. The maximum absolute atomic E-state index is 11.8.